The molecular formula is C16H14N6O. The van der Waals surface area contributed by atoms with Crippen LogP contribution in [0.3, 0.4) is 0 Å². The van der Waals surface area contributed by atoms with Gasteiger partial charge >= 0.3 is 0 Å². The Balaban J connectivity index is 1.83. The third-order valence-electron chi connectivity index (χ3n) is 4.28. The Morgan fingerprint density at radius 2 is 2.30 bits per heavy atom. The van der Waals surface area contributed by atoms with Crippen molar-refractivity contribution in [2.75, 3.05) is 18.0 Å². The van der Waals surface area contributed by atoms with Crippen molar-refractivity contribution in [2.24, 2.45) is 0 Å². The number of nitrogens with one attached hydrogen (secondary N) is 1. The van der Waals surface area contributed by atoms with E-state index in [1.165, 1.54) is 0 Å². The zero-order chi connectivity index (χ0) is 15.8. The minimum atomic E-state index is -0.370. The van der Waals surface area contributed by atoms with Crippen LogP contribution in [-0.2, 0) is 0 Å². The molecule has 0 aliphatic carbocycles. The van der Waals surface area contributed by atoms with Gasteiger partial charge in [-0.2, -0.15) is 10.4 Å². The van der Waals surface area contributed by atoms with Gasteiger partial charge in [0.2, 0.25) is 0 Å². The Hall–Kier alpha value is -3.14. The Morgan fingerprint density at radius 3 is 3.09 bits per heavy atom. The molecule has 3 aromatic rings. The van der Waals surface area contributed by atoms with Crippen molar-refractivity contribution < 1.29 is 0 Å². The molecule has 0 aromatic carbocycles. The Labute approximate surface area is 131 Å². The van der Waals surface area contributed by atoms with Gasteiger partial charge in [0.1, 0.15) is 11.6 Å². The summed E-state index contributed by atoms with van der Waals surface area (Å²) >= 11 is 0. The molecule has 0 amide bonds. The highest BCUT2D eigenvalue weighted by Crippen LogP contribution is 2.32. The number of nitrogens with zero attached hydrogens (tertiary/aromatic N) is 5. The lowest BCUT2D eigenvalue weighted by Crippen LogP contribution is -2.25. The second-order valence-corrected chi connectivity index (χ2v) is 5.59. The first kappa shape index (κ1) is 13.5. The second kappa shape index (κ2) is 5.25. The molecule has 0 spiro atoms. The number of rotatable bonds is 2. The molecule has 0 bridgehead atoms. The smallest absolute Gasteiger partial charge is 0.268 e. The van der Waals surface area contributed by atoms with Gasteiger partial charge < -0.3 is 9.88 Å². The van der Waals surface area contributed by atoms with E-state index in [1.54, 1.807) is 18.6 Å². The summed E-state index contributed by atoms with van der Waals surface area (Å²) in [7, 11) is 0. The normalized spacial score (nSPS) is 17.5. The van der Waals surface area contributed by atoms with E-state index in [1.807, 2.05) is 23.0 Å². The topological polar surface area (TPSA) is 90.6 Å². The number of aromatic amines is 1. The van der Waals surface area contributed by atoms with Gasteiger partial charge in [-0.3, -0.25) is 14.5 Å². The number of H-pyrrole nitrogens is 1. The minimum Gasteiger partial charge on any atom is -0.368 e. The molecule has 1 saturated heterocycles. The summed E-state index contributed by atoms with van der Waals surface area (Å²) in [6.07, 6.45) is 7.91. The van der Waals surface area contributed by atoms with Gasteiger partial charge in [-0.25, -0.2) is 0 Å². The van der Waals surface area contributed by atoms with Crippen LogP contribution < -0.4 is 10.5 Å². The average Bonchev–Trinajstić information content (AvgIpc) is 3.24. The largest absolute Gasteiger partial charge is 0.368 e. The molecule has 4 heterocycles. The molecule has 1 aliphatic rings. The van der Waals surface area contributed by atoms with Crippen LogP contribution in [0.5, 0.6) is 0 Å². The van der Waals surface area contributed by atoms with Crippen molar-refractivity contribution in [3.05, 3.63) is 52.8 Å². The summed E-state index contributed by atoms with van der Waals surface area (Å²) in [5.41, 5.74) is 1.13. The van der Waals surface area contributed by atoms with Gasteiger partial charge in [-0.1, -0.05) is 0 Å². The van der Waals surface area contributed by atoms with Crippen LogP contribution in [0.15, 0.2) is 41.7 Å². The molecule has 1 unspecified atom stereocenters. The lowest BCUT2D eigenvalue weighted by molar-refractivity contribution is 0.495. The van der Waals surface area contributed by atoms with Crippen molar-refractivity contribution in [1.29, 1.82) is 5.26 Å². The summed E-state index contributed by atoms with van der Waals surface area (Å²) in [5, 5.41) is 14.6. The maximum Gasteiger partial charge on any atom is 0.268 e. The van der Waals surface area contributed by atoms with E-state index in [0.29, 0.717) is 11.2 Å². The minimum absolute atomic E-state index is 0.157. The highest BCUT2D eigenvalue weighted by molar-refractivity contribution is 5.94. The number of hydrogen-bond acceptors (Lipinski definition) is 5. The molecule has 3 aromatic heterocycles. The fourth-order valence-electron chi connectivity index (χ4n) is 3.22. The predicted octanol–water partition coefficient (Wildman–Crippen LogP) is 1.44. The number of fused-ring (bicyclic) bond motifs is 1. The lowest BCUT2D eigenvalue weighted by atomic mass is 10.1. The van der Waals surface area contributed by atoms with Crippen molar-refractivity contribution in [3.63, 3.8) is 0 Å². The Bertz CT molecular complexity index is 953. The first-order valence-electron chi connectivity index (χ1n) is 7.42. The number of nitriles is 1. The number of hydrogen-bond donors (Lipinski definition) is 1. The maximum atomic E-state index is 12.2. The zero-order valence-corrected chi connectivity index (χ0v) is 12.3. The third kappa shape index (κ3) is 2.16. The van der Waals surface area contributed by atoms with Gasteiger partial charge in [0, 0.05) is 37.1 Å². The molecular weight excluding hydrogens is 292 g/mol. The van der Waals surface area contributed by atoms with Crippen LogP contribution in [0.25, 0.3) is 10.9 Å². The van der Waals surface area contributed by atoms with E-state index in [9.17, 15) is 10.1 Å². The molecule has 1 N–H and O–H groups in total. The predicted molar refractivity (Wildman–Crippen MR) is 85.2 cm³/mol. The maximum absolute atomic E-state index is 12.2. The second-order valence-electron chi connectivity index (χ2n) is 5.59. The summed E-state index contributed by atoms with van der Waals surface area (Å²) in [4.78, 5) is 21.1. The third-order valence-corrected chi connectivity index (χ3v) is 4.28. The standard InChI is InChI=1S/C16H14N6O/c17-8-13-15(12-2-5-18-9-14(12)20-16(13)23)21-7-3-11(10-21)22-6-1-4-19-22/h1-2,4-6,9,11H,3,7,10H2,(H,20,23). The van der Waals surface area contributed by atoms with Crippen molar-refractivity contribution in [2.45, 2.75) is 12.5 Å². The first-order valence-corrected chi connectivity index (χ1v) is 7.42. The summed E-state index contributed by atoms with van der Waals surface area (Å²) < 4.78 is 1.93. The van der Waals surface area contributed by atoms with Gasteiger partial charge in [-0.05, 0) is 18.6 Å². The van der Waals surface area contributed by atoms with E-state index in [-0.39, 0.29) is 17.2 Å². The van der Waals surface area contributed by atoms with Crippen molar-refractivity contribution in [1.82, 2.24) is 19.7 Å². The molecule has 0 saturated carbocycles. The van der Waals surface area contributed by atoms with Crippen LogP contribution in [-0.4, -0.2) is 32.8 Å². The number of pyridine rings is 2. The summed E-state index contributed by atoms with van der Waals surface area (Å²) in [5.74, 6) is 0. The molecule has 1 aliphatic heterocycles. The highest BCUT2D eigenvalue weighted by Gasteiger charge is 2.28. The molecule has 4 rings (SSSR count). The fraction of sp³-hybridized carbons (Fsp3) is 0.250. The highest BCUT2D eigenvalue weighted by atomic mass is 16.1. The van der Waals surface area contributed by atoms with Gasteiger partial charge in [0.25, 0.3) is 5.56 Å². The molecule has 1 atom stereocenters. The van der Waals surface area contributed by atoms with Crippen LogP contribution in [0.2, 0.25) is 0 Å². The van der Waals surface area contributed by atoms with E-state index >= 15 is 0 Å². The summed E-state index contributed by atoms with van der Waals surface area (Å²) in [6, 6.07) is 6.03. The molecule has 1 fully saturated rings. The van der Waals surface area contributed by atoms with Crippen LogP contribution in [0.1, 0.15) is 18.0 Å². The molecule has 7 nitrogen and oxygen atoms in total. The van der Waals surface area contributed by atoms with Gasteiger partial charge in [0.05, 0.1) is 23.4 Å². The SMILES string of the molecule is N#Cc1c(N2CCC(n3cccn3)C2)c2ccncc2[nH]c1=O. The number of anilines is 1. The first-order chi connectivity index (χ1) is 11.3. The molecule has 114 valence electrons. The van der Waals surface area contributed by atoms with Crippen molar-refractivity contribution >= 4 is 16.6 Å². The molecule has 23 heavy (non-hydrogen) atoms. The van der Waals surface area contributed by atoms with Gasteiger partial charge in [-0.15, -0.1) is 0 Å². The van der Waals surface area contributed by atoms with Crippen LogP contribution in [0, 0.1) is 11.3 Å². The molecule has 7 heteroatoms. The van der Waals surface area contributed by atoms with Crippen LogP contribution in [0.4, 0.5) is 5.69 Å². The zero-order valence-electron chi connectivity index (χ0n) is 12.3. The Kier molecular flexibility index (Phi) is 3.08. The van der Waals surface area contributed by atoms with Crippen LogP contribution >= 0.6 is 0 Å². The Morgan fingerprint density at radius 1 is 1.39 bits per heavy atom. The summed E-state index contributed by atoms with van der Waals surface area (Å²) in [6.45, 7) is 1.50. The average molecular weight is 306 g/mol. The van der Waals surface area contributed by atoms with E-state index in [2.05, 4.69) is 26.0 Å². The van der Waals surface area contributed by atoms with E-state index in [4.69, 9.17) is 0 Å². The number of aromatic nitrogens is 4. The fourth-order valence-corrected chi connectivity index (χ4v) is 3.22. The van der Waals surface area contributed by atoms with Gasteiger partial charge in [0.15, 0.2) is 0 Å². The van der Waals surface area contributed by atoms with E-state index in [0.717, 1.165) is 24.9 Å². The molecule has 0 radical (unpaired) electrons. The van der Waals surface area contributed by atoms with Crippen molar-refractivity contribution in [3.8, 4) is 6.07 Å². The monoisotopic (exact) mass is 306 g/mol. The quantitative estimate of drug-likeness (QED) is 0.773. The van der Waals surface area contributed by atoms with E-state index < -0.39 is 0 Å². The lowest BCUT2D eigenvalue weighted by Gasteiger charge is -2.21.